The number of halogens is 1. The van der Waals surface area contributed by atoms with E-state index in [2.05, 4.69) is 26.2 Å². The van der Waals surface area contributed by atoms with Gasteiger partial charge in [-0.1, -0.05) is 95.7 Å². The average Bonchev–Trinajstić information content (AvgIpc) is 3.61. The molecule has 4 N–H and O–H groups in total. The highest BCUT2D eigenvalue weighted by Gasteiger charge is 2.52. The normalized spacial score (nSPS) is 16.2. The van der Waals surface area contributed by atoms with Crippen LogP contribution in [0.4, 0.5) is 11.4 Å². The third-order valence-corrected chi connectivity index (χ3v) is 9.64. The average molecular weight is 736 g/mol. The monoisotopic (exact) mass is 734 g/mol. The summed E-state index contributed by atoms with van der Waals surface area (Å²) in [6, 6.07) is 30.1. The Morgan fingerprint density at radius 2 is 1.74 bits per heavy atom. The predicted molar refractivity (Wildman–Crippen MR) is 198 cm³/mol. The Labute approximate surface area is 299 Å². The minimum absolute atomic E-state index is 0.0567. The summed E-state index contributed by atoms with van der Waals surface area (Å²) in [6.07, 6.45) is 5.53. The van der Waals surface area contributed by atoms with Crippen molar-refractivity contribution >= 4 is 55.9 Å². The van der Waals surface area contributed by atoms with Gasteiger partial charge in [0, 0.05) is 58.3 Å². The van der Waals surface area contributed by atoms with E-state index in [0.29, 0.717) is 23.5 Å². The Hall–Kier alpha value is -5.03. The number of rotatable bonds is 13. The molecule has 0 aliphatic carbocycles. The van der Waals surface area contributed by atoms with E-state index >= 15 is 0 Å². The van der Waals surface area contributed by atoms with Crippen molar-refractivity contribution in [1.29, 1.82) is 0 Å². The van der Waals surface area contributed by atoms with Crippen molar-refractivity contribution in [1.82, 2.24) is 9.88 Å². The molecule has 0 unspecified atom stereocenters. The Bertz CT molecular complexity index is 2030. The van der Waals surface area contributed by atoms with Crippen LogP contribution in [0, 0.1) is 5.92 Å². The number of H-pyrrole nitrogens is 1. The van der Waals surface area contributed by atoms with Crippen LogP contribution < -0.4 is 10.2 Å². The van der Waals surface area contributed by atoms with Crippen molar-refractivity contribution in [2.24, 2.45) is 5.92 Å². The zero-order chi connectivity index (χ0) is 35.3. The van der Waals surface area contributed by atoms with Crippen LogP contribution in [0.1, 0.15) is 35.6 Å². The van der Waals surface area contributed by atoms with Crippen molar-refractivity contribution in [3.05, 3.63) is 142 Å². The van der Waals surface area contributed by atoms with Gasteiger partial charge in [-0.25, -0.2) is 0 Å². The lowest BCUT2D eigenvalue weighted by Crippen LogP contribution is -2.44. The number of hydrogen-bond acceptors (Lipinski definition) is 5. The van der Waals surface area contributed by atoms with Crippen molar-refractivity contribution in [3.8, 4) is 0 Å². The van der Waals surface area contributed by atoms with E-state index in [9.17, 15) is 24.6 Å². The van der Waals surface area contributed by atoms with Crippen LogP contribution >= 0.6 is 15.9 Å². The number of aliphatic hydroxyl groups excluding tert-OH is 1. The maximum absolute atomic E-state index is 14.1. The second-order valence-corrected chi connectivity index (χ2v) is 13.5. The SMILES string of the molecule is C[C@H](/C=C/CC(=O)N(CCO)Cc1ccccc1)[C@@]1(O)C(=O)N(Cc2ccc(NC(=O)Cc3c[nH]c4ccccc34)cc2)c2ccc(Br)cc21. The first-order valence-electron chi connectivity index (χ1n) is 16.5. The van der Waals surface area contributed by atoms with E-state index in [0.717, 1.165) is 32.1 Å². The largest absolute Gasteiger partial charge is 0.395 e. The molecular formula is C40H39BrN4O5. The van der Waals surface area contributed by atoms with E-state index in [1.54, 1.807) is 47.1 Å². The summed E-state index contributed by atoms with van der Waals surface area (Å²) < 4.78 is 0.726. The van der Waals surface area contributed by atoms with Gasteiger partial charge in [-0.15, -0.1) is 0 Å². The van der Waals surface area contributed by atoms with Gasteiger partial charge in [-0.3, -0.25) is 14.4 Å². The van der Waals surface area contributed by atoms with Crippen molar-refractivity contribution in [2.75, 3.05) is 23.4 Å². The molecule has 6 rings (SSSR count). The van der Waals surface area contributed by atoms with Crippen molar-refractivity contribution in [2.45, 2.75) is 38.5 Å². The number of para-hydroxylation sites is 1. The summed E-state index contributed by atoms with van der Waals surface area (Å²) in [6.45, 7) is 2.40. The number of aromatic amines is 1. The third kappa shape index (κ3) is 7.42. The molecule has 1 aliphatic rings. The molecule has 3 amide bonds. The van der Waals surface area contributed by atoms with E-state index < -0.39 is 17.4 Å². The standard InChI is InChI=1S/C40H39BrN4O5/c1-27(8-7-13-38(48)44(20-21-46)25-28-9-3-2-4-10-28)40(50)34-23-31(41)16-19-36(34)45(39(40)49)26-29-14-17-32(18-15-29)43-37(47)22-30-24-42-35-12-6-5-11-33(30)35/h2-12,14-19,23-24,27,42,46,50H,13,20-22,25-26H2,1H3,(H,43,47)/b8-7+/t27-,40+/m1/s1. The van der Waals surface area contributed by atoms with Crippen molar-refractivity contribution < 1.29 is 24.6 Å². The van der Waals surface area contributed by atoms with Gasteiger partial charge < -0.3 is 30.3 Å². The number of hydrogen-bond donors (Lipinski definition) is 4. The number of carbonyl (C=O) groups excluding carboxylic acids is 3. The lowest BCUT2D eigenvalue weighted by Gasteiger charge is -2.28. The summed E-state index contributed by atoms with van der Waals surface area (Å²) >= 11 is 3.49. The number of nitrogens with zero attached hydrogens (tertiary/aromatic N) is 2. The van der Waals surface area contributed by atoms with E-state index in [4.69, 9.17) is 0 Å². The smallest absolute Gasteiger partial charge is 0.264 e. The van der Waals surface area contributed by atoms with Crippen LogP contribution in [-0.2, 0) is 39.5 Å². The second-order valence-electron chi connectivity index (χ2n) is 12.5. The summed E-state index contributed by atoms with van der Waals surface area (Å²) in [7, 11) is 0. The summed E-state index contributed by atoms with van der Waals surface area (Å²) in [5.41, 5.74) is 3.55. The highest BCUT2D eigenvalue weighted by Crippen LogP contribution is 2.46. The Morgan fingerprint density at radius 1 is 1.00 bits per heavy atom. The highest BCUT2D eigenvalue weighted by atomic mass is 79.9. The van der Waals surface area contributed by atoms with Crippen LogP contribution in [-0.4, -0.2) is 51.0 Å². The fourth-order valence-corrected chi connectivity index (χ4v) is 6.83. The van der Waals surface area contributed by atoms with E-state index in [-0.39, 0.29) is 44.4 Å². The molecule has 1 aromatic heterocycles. The molecule has 0 saturated heterocycles. The molecule has 0 bridgehead atoms. The Kier molecular flexibility index (Phi) is 10.6. The molecule has 0 radical (unpaired) electrons. The molecular weight excluding hydrogens is 696 g/mol. The molecule has 50 heavy (non-hydrogen) atoms. The number of amides is 3. The topological polar surface area (TPSA) is 126 Å². The number of nitrogens with one attached hydrogen (secondary N) is 2. The molecule has 0 saturated carbocycles. The van der Waals surface area contributed by atoms with Gasteiger partial charge in [0.25, 0.3) is 5.91 Å². The van der Waals surface area contributed by atoms with Crippen molar-refractivity contribution in [3.63, 3.8) is 0 Å². The van der Waals surface area contributed by atoms with Crippen LogP contribution in [0.15, 0.2) is 120 Å². The first-order chi connectivity index (χ1) is 24.2. The quantitative estimate of drug-likeness (QED) is 0.104. The molecule has 2 heterocycles. The van der Waals surface area contributed by atoms with Gasteiger partial charge in [-0.05, 0) is 53.1 Å². The number of aliphatic hydroxyl groups is 2. The molecule has 0 fully saturated rings. The van der Waals surface area contributed by atoms with E-state index in [1.807, 2.05) is 85.1 Å². The van der Waals surface area contributed by atoms with Gasteiger partial charge in [0.1, 0.15) is 0 Å². The van der Waals surface area contributed by atoms with Crippen LogP contribution in [0.5, 0.6) is 0 Å². The Morgan fingerprint density at radius 3 is 2.50 bits per heavy atom. The fraction of sp³-hybridized carbons (Fsp3) is 0.225. The van der Waals surface area contributed by atoms with Gasteiger partial charge in [0.05, 0.1) is 25.3 Å². The molecule has 2 atom stereocenters. The molecule has 9 nitrogen and oxygen atoms in total. The number of benzene rings is 4. The maximum Gasteiger partial charge on any atom is 0.264 e. The molecule has 256 valence electrons. The molecule has 4 aromatic carbocycles. The number of anilines is 2. The van der Waals surface area contributed by atoms with Gasteiger partial charge >= 0.3 is 0 Å². The highest BCUT2D eigenvalue weighted by molar-refractivity contribution is 9.10. The van der Waals surface area contributed by atoms with Crippen LogP contribution in [0.25, 0.3) is 10.9 Å². The van der Waals surface area contributed by atoms with Crippen LogP contribution in [0.3, 0.4) is 0 Å². The summed E-state index contributed by atoms with van der Waals surface area (Å²) in [5.74, 6) is -1.42. The second kappa shape index (κ2) is 15.2. The summed E-state index contributed by atoms with van der Waals surface area (Å²) in [5, 5.41) is 25.6. The number of carbonyl (C=O) groups is 3. The van der Waals surface area contributed by atoms with Gasteiger partial charge in [0.2, 0.25) is 11.8 Å². The predicted octanol–water partition coefficient (Wildman–Crippen LogP) is 6.45. The van der Waals surface area contributed by atoms with Gasteiger partial charge in [-0.2, -0.15) is 0 Å². The lowest BCUT2D eigenvalue weighted by atomic mass is 9.83. The molecule has 5 aromatic rings. The number of fused-ring (bicyclic) bond motifs is 2. The van der Waals surface area contributed by atoms with Gasteiger partial charge in [0.15, 0.2) is 5.60 Å². The van der Waals surface area contributed by atoms with E-state index in [1.165, 1.54) is 0 Å². The molecule has 0 spiro atoms. The minimum atomic E-state index is -1.86. The lowest BCUT2D eigenvalue weighted by molar-refractivity contribution is -0.139. The maximum atomic E-state index is 14.1. The zero-order valence-corrected chi connectivity index (χ0v) is 29.3. The number of aromatic nitrogens is 1. The zero-order valence-electron chi connectivity index (χ0n) is 27.7. The fourth-order valence-electron chi connectivity index (χ4n) is 6.47. The summed E-state index contributed by atoms with van der Waals surface area (Å²) in [4.78, 5) is 46.3. The van der Waals surface area contributed by atoms with Crippen LogP contribution in [0.2, 0.25) is 0 Å². The first-order valence-corrected chi connectivity index (χ1v) is 17.3. The third-order valence-electron chi connectivity index (χ3n) is 9.15. The molecule has 1 aliphatic heterocycles. The minimum Gasteiger partial charge on any atom is -0.395 e. The Balaban J connectivity index is 1.12. The molecule has 10 heteroatoms. The first kappa shape index (κ1) is 34.8.